The maximum atomic E-state index is 12.3. The minimum absolute atomic E-state index is 0.127. The van der Waals surface area contributed by atoms with Gasteiger partial charge in [-0.05, 0) is 13.0 Å². The first-order valence-electron chi connectivity index (χ1n) is 8.55. The van der Waals surface area contributed by atoms with Crippen molar-refractivity contribution < 1.29 is 9.53 Å². The predicted molar refractivity (Wildman–Crippen MR) is 99.1 cm³/mol. The zero-order chi connectivity index (χ0) is 17.9. The summed E-state index contributed by atoms with van der Waals surface area (Å²) in [4.78, 5) is 23.4. The monoisotopic (exact) mass is 369 g/mol. The highest BCUT2D eigenvalue weighted by atomic mass is 32.1. The number of aromatic nitrogens is 4. The zero-order valence-electron chi connectivity index (χ0n) is 14.5. The van der Waals surface area contributed by atoms with Crippen LogP contribution in [0.15, 0.2) is 24.4 Å². The summed E-state index contributed by atoms with van der Waals surface area (Å²) < 4.78 is 5.31. The van der Waals surface area contributed by atoms with Gasteiger partial charge in [0, 0.05) is 30.2 Å². The Morgan fingerprint density at radius 1 is 1.27 bits per heavy atom. The standard InChI is InChI=1S/C18H19N5O2S/c1-12-21-22-18(26-12)13-2-3-14-10-19-17(20-16(14)8-13)9-15(24)11-23-4-6-25-7-5-23/h2-3,8,10H,4-7,9,11H2,1H3. The minimum Gasteiger partial charge on any atom is -0.379 e. The van der Waals surface area contributed by atoms with E-state index in [4.69, 9.17) is 4.74 Å². The van der Waals surface area contributed by atoms with Gasteiger partial charge in [0.1, 0.15) is 15.8 Å². The lowest BCUT2D eigenvalue weighted by atomic mass is 10.1. The normalized spacial score (nSPS) is 15.4. The van der Waals surface area contributed by atoms with Crippen LogP contribution in [0.2, 0.25) is 0 Å². The van der Waals surface area contributed by atoms with Gasteiger partial charge >= 0.3 is 0 Å². The van der Waals surface area contributed by atoms with E-state index in [9.17, 15) is 4.79 Å². The molecule has 0 aliphatic carbocycles. The van der Waals surface area contributed by atoms with Crippen LogP contribution in [0.5, 0.6) is 0 Å². The van der Waals surface area contributed by atoms with Crippen molar-refractivity contribution in [3.05, 3.63) is 35.2 Å². The second-order valence-corrected chi connectivity index (χ2v) is 7.47. The molecule has 0 N–H and O–H groups in total. The average molecular weight is 369 g/mol. The van der Waals surface area contributed by atoms with Gasteiger partial charge in [0.05, 0.1) is 31.7 Å². The molecule has 1 saturated heterocycles. The number of hydrogen-bond acceptors (Lipinski definition) is 8. The maximum absolute atomic E-state index is 12.3. The predicted octanol–water partition coefficient (Wildman–Crippen LogP) is 1.90. The molecule has 1 aliphatic heterocycles. The number of morpholine rings is 1. The first-order chi connectivity index (χ1) is 12.7. The van der Waals surface area contributed by atoms with Crippen LogP contribution in [0.4, 0.5) is 0 Å². The van der Waals surface area contributed by atoms with Crippen molar-refractivity contribution in [3.63, 3.8) is 0 Å². The van der Waals surface area contributed by atoms with Gasteiger partial charge in [-0.1, -0.05) is 23.5 Å². The quantitative estimate of drug-likeness (QED) is 0.679. The number of aryl methyl sites for hydroxylation is 1. The summed E-state index contributed by atoms with van der Waals surface area (Å²) in [7, 11) is 0. The number of hydrogen-bond donors (Lipinski definition) is 0. The molecule has 1 fully saturated rings. The number of fused-ring (bicyclic) bond motifs is 1. The Morgan fingerprint density at radius 2 is 2.12 bits per heavy atom. The molecule has 0 amide bonds. The number of rotatable bonds is 5. The van der Waals surface area contributed by atoms with E-state index in [1.165, 1.54) is 0 Å². The molecule has 0 atom stereocenters. The van der Waals surface area contributed by atoms with E-state index in [-0.39, 0.29) is 12.2 Å². The third-order valence-corrected chi connectivity index (χ3v) is 5.15. The van der Waals surface area contributed by atoms with Gasteiger partial charge in [0.15, 0.2) is 5.78 Å². The number of carbonyl (C=O) groups excluding carboxylic acids is 1. The summed E-state index contributed by atoms with van der Waals surface area (Å²) in [6, 6.07) is 5.95. The van der Waals surface area contributed by atoms with Crippen LogP contribution in [0.25, 0.3) is 21.5 Å². The molecule has 3 heterocycles. The lowest BCUT2D eigenvalue weighted by Gasteiger charge is -2.25. The molecule has 26 heavy (non-hydrogen) atoms. The van der Waals surface area contributed by atoms with Crippen LogP contribution in [0.1, 0.15) is 10.8 Å². The first kappa shape index (κ1) is 17.1. The number of nitrogens with zero attached hydrogens (tertiary/aromatic N) is 5. The van der Waals surface area contributed by atoms with Crippen molar-refractivity contribution >= 4 is 28.0 Å². The second kappa shape index (κ2) is 7.53. The topological polar surface area (TPSA) is 81.1 Å². The number of carbonyl (C=O) groups is 1. The van der Waals surface area contributed by atoms with E-state index in [1.54, 1.807) is 17.5 Å². The Morgan fingerprint density at radius 3 is 2.88 bits per heavy atom. The first-order valence-corrected chi connectivity index (χ1v) is 9.37. The van der Waals surface area contributed by atoms with E-state index in [0.29, 0.717) is 25.6 Å². The van der Waals surface area contributed by atoms with E-state index >= 15 is 0 Å². The summed E-state index contributed by atoms with van der Waals surface area (Å²) >= 11 is 1.55. The Balaban J connectivity index is 1.51. The highest BCUT2D eigenvalue weighted by Crippen LogP contribution is 2.25. The molecular formula is C18H19N5O2S. The Labute approximate surface area is 155 Å². The fourth-order valence-electron chi connectivity index (χ4n) is 2.93. The number of Topliss-reactive ketones (excluding diaryl/α,β-unsaturated/α-hetero) is 1. The molecule has 0 bridgehead atoms. The minimum atomic E-state index is 0.127. The van der Waals surface area contributed by atoms with Crippen LogP contribution >= 0.6 is 11.3 Å². The van der Waals surface area contributed by atoms with Gasteiger partial charge in [-0.2, -0.15) is 0 Å². The lowest BCUT2D eigenvalue weighted by Crippen LogP contribution is -2.40. The fourth-order valence-corrected chi connectivity index (χ4v) is 3.62. The second-order valence-electron chi connectivity index (χ2n) is 6.29. The Bertz CT molecular complexity index is 936. The number of benzene rings is 1. The molecule has 134 valence electrons. The van der Waals surface area contributed by atoms with Crippen LogP contribution in [-0.4, -0.2) is 63.7 Å². The van der Waals surface area contributed by atoms with E-state index in [0.717, 1.165) is 39.6 Å². The van der Waals surface area contributed by atoms with Crippen LogP contribution in [0, 0.1) is 6.92 Å². The van der Waals surface area contributed by atoms with Gasteiger partial charge in [-0.25, -0.2) is 9.97 Å². The molecule has 1 aliphatic rings. The van der Waals surface area contributed by atoms with Crippen LogP contribution in [-0.2, 0) is 16.0 Å². The van der Waals surface area contributed by atoms with Crippen molar-refractivity contribution in [3.8, 4) is 10.6 Å². The molecule has 2 aromatic heterocycles. The van der Waals surface area contributed by atoms with Crippen molar-refractivity contribution in [1.82, 2.24) is 25.1 Å². The molecule has 0 saturated carbocycles. The third-order valence-electron chi connectivity index (χ3n) is 4.26. The average Bonchev–Trinajstić information content (AvgIpc) is 3.08. The van der Waals surface area contributed by atoms with Crippen molar-refractivity contribution in [2.75, 3.05) is 32.8 Å². The molecule has 0 radical (unpaired) electrons. The largest absolute Gasteiger partial charge is 0.379 e. The van der Waals surface area contributed by atoms with Gasteiger partial charge in [0.2, 0.25) is 0 Å². The smallest absolute Gasteiger partial charge is 0.154 e. The SMILES string of the molecule is Cc1nnc(-c2ccc3cnc(CC(=O)CN4CCOCC4)nc3c2)s1. The molecule has 0 unspecified atom stereocenters. The summed E-state index contributed by atoms with van der Waals surface area (Å²) in [5.74, 6) is 0.684. The molecule has 1 aromatic carbocycles. The molecule has 0 spiro atoms. The van der Waals surface area contributed by atoms with Crippen molar-refractivity contribution in [1.29, 1.82) is 0 Å². The third kappa shape index (κ3) is 3.92. The molecular weight excluding hydrogens is 350 g/mol. The number of ether oxygens (including phenoxy) is 1. The van der Waals surface area contributed by atoms with Crippen LogP contribution < -0.4 is 0 Å². The van der Waals surface area contributed by atoms with Crippen molar-refractivity contribution in [2.24, 2.45) is 0 Å². The summed E-state index contributed by atoms with van der Waals surface area (Å²) in [5, 5.41) is 11.0. The zero-order valence-corrected chi connectivity index (χ0v) is 15.3. The summed E-state index contributed by atoms with van der Waals surface area (Å²) in [6.07, 6.45) is 2.02. The molecule has 4 rings (SSSR count). The highest BCUT2D eigenvalue weighted by Gasteiger charge is 2.15. The van der Waals surface area contributed by atoms with Gasteiger partial charge in [0.25, 0.3) is 0 Å². The van der Waals surface area contributed by atoms with Gasteiger partial charge < -0.3 is 4.74 Å². The summed E-state index contributed by atoms with van der Waals surface area (Å²) in [5.41, 5.74) is 1.80. The Hall–Kier alpha value is -2.29. The lowest BCUT2D eigenvalue weighted by molar-refractivity contribution is -0.120. The number of ketones is 1. The van der Waals surface area contributed by atoms with E-state index < -0.39 is 0 Å². The van der Waals surface area contributed by atoms with Gasteiger partial charge in [-0.3, -0.25) is 9.69 Å². The molecule has 3 aromatic rings. The van der Waals surface area contributed by atoms with Crippen molar-refractivity contribution in [2.45, 2.75) is 13.3 Å². The fraction of sp³-hybridized carbons (Fsp3) is 0.389. The summed E-state index contributed by atoms with van der Waals surface area (Å²) in [6.45, 7) is 5.34. The van der Waals surface area contributed by atoms with E-state index in [2.05, 4.69) is 25.1 Å². The maximum Gasteiger partial charge on any atom is 0.154 e. The molecule has 8 heteroatoms. The van der Waals surface area contributed by atoms with E-state index in [1.807, 2.05) is 25.1 Å². The van der Waals surface area contributed by atoms with Gasteiger partial charge in [-0.15, -0.1) is 10.2 Å². The van der Waals surface area contributed by atoms with Crippen LogP contribution in [0.3, 0.4) is 0 Å². The molecule has 7 nitrogen and oxygen atoms in total. The Kier molecular flexibility index (Phi) is 4.96. The highest BCUT2D eigenvalue weighted by molar-refractivity contribution is 7.14.